The highest BCUT2D eigenvalue weighted by Crippen LogP contribution is 2.47. The van der Waals surface area contributed by atoms with Crippen LogP contribution in [0.15, 0.2) is 54.0 Å². The quantitative estimate of drug-likeness (QED) is 0.254. The SMILES string of the molecule is CC.CCc1c[nH]c2ccc(Oc3c(C(F)(F)F)cc(NC(=O)c4cccs4)cc3C(F)(F)F)cc12. The van der Waals surface area contributed by atoms with Crippen LogP contribution in [0.3, 0.4) is 0 Å². The molecule has 0 saturated carbocycles. The van der Waals surface area contributed by atoms with Crippen LogP contribution in [0.25, 0.3) is 10.9 Å². The highest BCUT2D eigenvalue weighted by Gasteiger charge is 2.43. The minimum absolute atomic E-state index is 0.133. The third-order valence-electron chi connectivity index (χ3n) is 5.04. The van der Waals surface area contributed by atoms with E-state index in [4.69, 9.17) is 4.74 Å². The van der Waals surface area contributed by atoms with E-state index in [1.54, 1.807) is 11.6 Å². The van der Waals surface area contributed by atoms with Crippen LogP contribution in [0.4, 0.5) is 32.0 Å². The topological polar surface area (TPSA) is 54.1 Å². The van der Waals surface area contributed by atoms with Crippen molar-refractivity contribution in [1.29, 1.82) is 0 Å². The second kappa shape index (κ2) is 10.7. The van der Waals surface area contributed by atoms with Crippen LogP contribution in [-0.4, -0.2) is 10.9 Å². The molecule has 0 aliphatic rings. The van der Waals surface area contributed by atoms with Gasteiger partial charge in [-0.2, -0.15) is 26.3 Å². The summed E-state index contributed by atoms with van der Waals surface area (Å²) in [4.78, 5) is 15.4. The lowest BCUT2D eigenvalue weighted by Crippen LogP contribution is -2.17. The number of alkyl halides is 6. The van der Waals surface area contributed by atoms with E-state index in [1.165, 1.54) is 30.3 Å². The predicted octanol–water partition coefficient (Wildman–Crippen LogP) is 8.90. The number of halogens is 6. The number of fused-ring (bicyclic) bond motifs is 1. The van der Waals surface area contributed by atoms with E-state index in [2.05, 4.69) is 10.3 Å². The average molecular weight is 529 g/mol. The standard InChI is InChI=1S/C23H16F6N2O2S.C2H6/c1-2-12-11-30-18-6-5-14(10-15(12)18)33-20-16(22(24,25)26)8-13(9-17(20)23(27,28)29)31-21(32)19-4-3-7-34-19;1-2/h3-11,30H,2H2,1H3,(H,31,32);1-2H3. The van der Waals surface area contributed by atoms with Gasteiger partial charge < -0.3 is 15.0 Å². The fourth-order valence-corrected chi connectivity index (χ4v) is 4.08. The van der Waals surface area contributed by atoms with Crippen LogP contribution in [0.5, 0.6) is 11.5 Å². The zero-order valence-corrected chi connectivity index (χ0v) is 20.2. The third kappa shape index (κ3) is 5.84. The van der Waals surface area contributed by atoms with E-state index in [1.807, 2.05) is 20.8 Å². The van der Waals surface area contributed by atoms with Crippen molar-refractivity contribution in [2.24, 2.45) is 0 Å². The van der Waals surface area contributed by atoms with E-state index in [0.717, 1.165) is 16.9 Å². The van der Waals surface area contributed by atoms with Crippen LogP contribution >= 0.6 is 11.3 Å². The van der Waals surface area contributed by atoms with Gasteiger partial charge in [-0.1, -0.05) is 26.8 Å². The monoisotopic (exact) mass is 528 g/mol. The summed E-state index contributed by atoms with van der Waals surface area (Å²) in [5.41, 5.74) is -2.47. The van der Waals surface area contributed by atoms with E-state index < -0.39 is 40.8 Å². The Morgan fingerprint density at radius 1 is 1.00 bits per heavy atom. The Hall–Kier alpha value is -3.47. The molecule has 2 aromatic heterocycles. The molecule has 4 aromatic rings. The molecule has 0 unspecified atom stereocenters. The number of hydrogen-bond donors (Lipinski definition) is 2. The fraction of sp³-hybridized carbons (Fsp3) is 0.240. The first kappa shape index (κ1) is 27.1. The van der Waals surface area contributed by atoms with Crippen molar-refractivity contribution in [3.63, 3.8) is 0 Å². The van der Waals surface area contributed by atoms with Crippen LogP contribution < -0.4 is 10.1 Å². The minimum Gasteiger partial charge on any atom is -0.456 e. The Morgan fingerprint density at radius 3 is 2.17 bits per heavy atom. The molecule has 1 amide bonds. The van der Waals surface area contributed by atoms with Gasteiger partial charge in [-0.3, -0.25) is 4.79 Å². The van der Waals surface area contributed by atoms with E-state index in [9.17, 15) is 31.1 Å². The van der Waals surface area contributed by atoms with Crippen LogP contribution in [0, 0.1) is 0 Å². The maximum absolute atomic E-state index is 13.9. The molecular formula is C25H22F6N2O2S. The van der Waals surface area contributed by atoms with Crippen LogP contribution in [0.1, 0.15) is 47.1 Å². The van der Waals surface area contributed by atoms with Crippen molar-refractivity contribution in [3.8, 4) is 11.5 Å². The second-order valence-electron chi connectivity index (χ2n) is 7.30. The highest BCUT2D eigenvalue weighted by atomic mass is 32.1. The summed E-state index contributed by atoms with van der Waals surface area (Å²) >= 11 is 0.996. The van der Waals surface area contributed by atoms with Crippen LogP contribution in [-0.2, 0) is 18.8 Å². The van der Waals surface area contributed by atoms with Gasteiger partial charge in [-0.15, -0.1) is 11.3 Å². The molecule has 192 valence electrons. The number of aryl methyl sites for hydroxylation is 1. The molecule has 0 saturated heterocycles. The molecule has 0 fully saturated rings. The number of amides is 1. The summed E-state index contributed by atoms with van der Waals surface area (Å²) in [5.74, 6) is -2.40. The molecule has 0 aliphatic heterocycles. The molecule has 36 heavy (non-hydrogen) atoms. The summed E-state index contributed by atoms with van der Waals surface area (Å²) in [6, 6.07) is 7.98. The summed E-state index contributed by atoms with van der Waals surface area (Å²) in [5, 5.41) is 4.29. The van der Waals surface area contributed by atoms with Gasteiger partial charge in [0.25, 0.3) is 5.91 Å². The molecular weight excluding hydrogens is 506 g/mol. The molecule has 2 aromatic carbocycles. The maximum atomic E-state index is 13.9. The summed E-state index contributed by atoms with van der Waals surface area (Å²) in [6.45, 7) is 5.86. The zero-order valence-electron chi connectivity index (χ0n) is 19.4. The number of H-pyrrole nitrogens is 1. The van der Waals surface area contributed by atoms with Gasteiger partial charge in [0.05, 0.1) is 4.88 Å². The molecule has 0 atom stereocenters. The van der Waals surface area contributed by atoms with Gasteiger partial charge in [-0.25, -0.2) is 0 Å². The molecule has 2 N–H and O–H groups in total. The molecule has 4 rings (SSSR count). The van der Waals surface area contributed by atoms with Crippen molar-refractivity contribution in [2.75, 3.05) is 5.32 Å². The number of carbonyl (C=O) groups excluding carboxylic acids is 1. The van der Waals surface area contributed by atoms with E-state index in [0.29, 0.717) is 29.5 Å². The molecule has 4 nitrogen and oxygen atoms in total. The van der Waals surface area contributed by atoms with Crippen molar-refractivity contribution in [3.05, 3.63) is 75.6 Å². The normalized spacial score (nSPS) is 11.7. The van der Waals surface area contributed by atoms with Crippen molar-refractivity contribution >= 4 is 33.8 Å². The zero-order chi connectivity index (χ0) is 26.7. The van der Waals surface area contributed by atoms with Crippen molar-refractivity contribution in [2.45, 2.75) is 39.5 Å². The molecule has 0 radical (unpaired) electrons. The number of carbonyl (C=O) groups is 1. The van der Waals surface area contributed by atoms with Gasteiger partial charge >= 0.3 is 12.4 Å². The number of thiophene rings is 1. The van der Waals surface area contributed by atoms with Gasteiger partial charge in [0.2, 0.25) is 0 Å². The number of nitrogens with one attached hydrogen (secondary N) is 2. The third-order valence-corrected chi connectivity index (χ3v) is 5.91. The fourth-order valence-electron chi connectivity index (χ4n) is 3.46. The number of hydrogen-bond acceptors (Lipinski definition) is 3. The van der Waals surface area contributed by atoms with Crippen molar-refractivity contribution in [1.82, 2.24) is 4.98 Å². The first-order valence-electron chi connectivity index (χ1n) is 10.9. The minimum atomic E-state index is -5.19. The Kier molecular flexibility index (Phi) is 8.02. The van der Waals surface area contributed by atoms with Gasteiger partial charge in [0.1, 0.15) is 16.9 Å². The Labute approximate surface area is 206 Å². The van der Waals surface area contributed by atoms with E-state index >= 15 is 0 Å². The molecule has 0 spiro atoms. The smallest absolute Gasteiger partial charge is 0.420 e. The second-order valence-corrected chi connectivity index (χ2v) is 8.25. The maximum Gasteiger partial charge on any atom is 0.420 e. The Morgan fingerprint density at radius 2 is 1.64 bits per heavy atom. The first-order valence-corrected chi connectivity index (χ1v) is 11.8. The van der Waals surface area contributed by atoms with Crippen molar-refractivity contribution < 1.29 is 35.9 Å². The summed E-state index contributed by atoms with van der Waals surface area (Å²) < 4.78 is 88.5. The lowest BCUT2D eigenvalue weighted by molar-refractivity contribution is -0.144. The van der Waals surface area contributed by atoms with Crippen LogP contribution in [0.2, 0.25) is 0 Å². The van der Waals surface area contributed by atoms with E-state index in [-0.39, 0.29) is 10.6 Å². The number of aromatic nitrogens is 1. The summed E-state index contributed by atoms with van der Waals surface area (Å²) in [7, 11) is 0. The van der Waals surface area contributed by atoms with Gasteiger partial charge in [0.15, 0.2) is 5.75 Å². The van der Waals surface area contributed by atoms with Gasteiger partial charge in [-0.05, 0) is 53.8 Å². The predicted molar refractivity (Wildman–Crippen MR) is 128 cm³/mol. The number of ether oxygens (including phenoxy) is 1. The highest BCUT2D eigenvalue weighted by molar-refractivity contribution is 7.12. The molecule has 2 heterocycles. The lowest BCUT2D eigenvalue weighted by Gasteiger charge is -2.21. The molecule has 11 heteroatoms. The van der Waals surface area contributed by atoms with Gasteiger partial charge in [0, 0.05) is 22.8 Å². The molecule has 0 aliphatic carbocycles. The number of anilines is 1. The average Bonchev–Trinajstić information content (AvgIpc) is 3.49. The first-order chi connectivity index (χ1) is 17.0. The number of aromatic amines is 1. The Bertz CT molecular complexity index is 1310. The largest absolute Gasteiger partial charge is 0.456 e. The molecule has 0 bridgehead atoms. The lowest BCUT2D eigenvalue weighted by atomic mass is 10.1. The number of rotatable bonds is 5. The number of benzene rings is 2. The Balaban J connectivity index is 0.00000176. The summed E-state index contributed by atoms with van der Waals surface area (Å²) in [6.07, 6.45) is -8.07.